The normalized spacial score (nSPS) is 20.4. The van der Waals surface area contributed by atoms with Crippen LogP contribution >= 0.6 is 12.2 Å². The molecule has 1 unspecified atom stereocenters. The first-order valence-corrected chi connectivity index (χ1v) is 9.03. The molecule has 120 valence electrons. The first-order valence-electron chi connectivity index (χ1n) is 8.62. The van der Waals surface area contributed by atoms with Crippen LogP contribution in [0.3, 0.4) is 0 Å². The Balaban J connectivity index is 1.86. The molecule has 2 heterocycles. The van der Waals surface area contributed by atoms with Crippen molar-refractivity contribution >= 4 is 12.2 Å². The summed E-state index contributed by atoms with van der Waals surface area (Å²) in [4.78, 5) is 4.82. The van der Waals surface area contributed by atoms with E-state index in [9.17, 15) is 0 Å². The lowest BCUT2D eigenvalue weighted by Crippen LogP contribution is -2.24. The number of rotatable bonds is 3. The van der Waals surface area contributed by atoms with Gasteiger partial charge in [-0.25, -0.2) is 4.98 Å². The van der Waals surface area contributed by atoms with Crippen molar-refractivity contribution < 1.29 is 4.74 Å². The van der Waals surface area contributed by atoms with Gasteiger partial charge in [0.2, 0.25) is 0 Å². The van der Waals surface area contributed by atoms with E-state index in [0.29, 0.717) is 6.10 Å². The summed E-state index contributed by atoms with van der Waals surface area (Å²) >= 11 is 5.61. The van der Waals surface area contributed by atoms with Gasteiger partial charge in [0, 0.05) is 23.4 Å². The lowest BCUT2D eigenvalue weighted by Gasteiger charge is -2.26. The molecule has 1 aliphatic heterocycles. The molecule has 0 bridgehead atoms. The molecule has 23 heavy (non-hydrogen) atoms. The maximum Gasteiger partial charge on any atom is 0.141 e. The lowest BCUT2D eigenvalue weighted by atomic mass is 9.96. The molecule has 1 saturated heterocycles. The van der Waals surface area contributed by atoms with Crippen molar-refractivity contribution in [2.45, 2.75) is 51.2 Å². The van der Waals surface area contributed by atoms with Crippen LogP contribution < -0.4 is 0 Å². The highest BCUT2D eigenvalue weighted by molar-refractivity contribution is 7.71. The van der Waals surface area contributed by atoms with Crippen LogP contribution in [-0.2, 0) is 24.1 Å². The Bertz CT molecular complexity index is 748. The van der Waals surface area contributed by atoms with Crippen LogP contribution in [0.25, 0.3) is 11.4 Å². The van der Waals surface area contributed by atoms with Crippen LogP contribution in [0.1, 0.15) is 36.9 Å². The lowest BCUT2D eigenvalue weighted by molar-refractivity contribution is 0.0961. The van der Waals surface area contributed by atoms with Crippen molar-refractivity contribution in [3.05, 3.63) is 46.2 Å². The summed E-state index contributed by atoms with van der Waals surface area (Å²) in [5.41, 5.74) is 3.83. The van der Waals surface area contributed by atoms with E-state index in [-0.39, 0.29) is 0 Å². The van der Waals surface area contributed by atoms with Gasteiger partial charge in [-0.3, -0.25) is 0 Å². The van der Waals surface area contributed by atoms with E-state index in [1.807, 2.05) is 6.07 Å². The summed E-state index contributed by atoms with van der Waals surface area (Å²) in [6.45, 7) is 1.79. The molecule has 1 aromatic carbocycles. The molecule has 0 saturated carbocycles. The quantitative estimate of drug-likeness (QED) is 0.785. The second kappa shape index (κ2) is 6.54. The minimum absolute atomic E-state index is 0.311. The predicted molar refractivity (Wildman–Crippen MR) is 94.1 cm³/mol. The summed E-state index contributed by atoms with van der Waals surface area (Å²) in [5, 5.41) is 0. The Morgan fingerprint density at radius 2 is 1.96 bits per heavy atom. The van der Waals surface area contributed by atoms with Gasteiger partial charge in [0.25, 0.3) is 0 Å². The van der Waals surface area contributed by atoms with Gasteiger partial charge in [-0.1, -0.05) is 42.5 Å². The number of fused-ring (bicyclic) bond motifs is 1. The van der Waals surface area contributed by atoms with Gasteiger partial charge in [0.1, 0.15) is 10.5 Å². The highest BCUT2D eigenvalue weighted by Gasteiger charge is 2.23. The molecule has 2 aromatic rings. The average molecular weight is 326 g/mol. The highest BCUT2D eigenvalue weighted by atomic mass is 32.1. The largest absolute Gasteiger partial charge is 0.376 e. The fourth-order valence-corrected chi connectivity index (χ4v) is 4.07. The first-order chi connectivity index (χ1) is 11.3. The highest BCUT2D eigenvalue weighted by Crippen LogP contribution is 2.28. The van der Waals surface area contributed by atoms with E-state index in [0.717, 1.165) is 48.4 Å². The number of aromatic nitrogens is 2. The standard InChI is InChI=1S/C19H22N2OS/c23-19-16-10-4-5-11-17(16)21(13-15-9-6-12-22-15)18(20-19)14-7-2-1-3-8-14/h1-3,7-8,15H,4-6,9-13H2. The van der Waals surface area contributed by atoms with Crippen LogP contribution in [-0.4, -0.2) is 22.3 Å². The Labute approximate surface area is 142 Å². The first kappa shape index (κ1) is 15.0. The van der Waals surface area contributed by atoms with Crippen molar-refractivity contribution in [1.29, 1.82) is 0 Å². The molecule has 1 atom stereocenters. The van der Waals surface area contributed by atoms with Gasteiger partial charge in [0.05, 0.1) is 12.6 Å². The second-order valence-electron chi connectivity index (χ2n) is 6.48. The van der Waals surface area contributed by atoms with Gasteiger partial charge < -0.3 is 9.30 Å². The van der Waals surface area contributed by atoms with Gasteiger partial charge >= 0.3 is 0 Å². The molecule has 1 fully saturated rings. The molecule has 4 rings (SSSR count). The zero-order valence-electron chi connectivity index (χ0n) is 13.3. The monoisotopic (exact) mass is 326 g/mol. The number of hydrogen-bond acceptors (Lipinski definition) is 3. The summed E-state index contributed by atoms with van der Waals surface area (Å²) in [7, 11) is 0. The minimum atomic E-state index is 0.311. The zero-order chi connectivity index (χ0) is 15.6. The fourth-order valence-electron chi connectivity index (χ4n) is 3.77. The van der Waals surface area contributed by atoms with E-state index < -0.39 is 0 Å². The van der Waals surface area contributed by atoms with Crippen LogP contribution in [0, 0.1) is 4.64 Å². The molecule has 1 aliphatic carbocycles. The summed E-state index contributed by atoms with van der Waals surface area (Å²) in [6, 6.07) is 10.4. The Hall–Kier alpha value is -1.52. The van der Waals surface area contributed by atoms with Gasteiger partial charge in [-0.05, 0) is 38.5 Å². The molecule has 3 nitrogen and oxygen atoms in total. The Morgan fingerprint density at radius 1 is 1.13 bits per heavy atom. The van der Waals surface area contributed by atoms with Crippen LogP contribution in [0.2, 0.25) is 0 Å². The topological polar surface area (TPSA) is 27.1 Å². The van der Waals surface area contributed by atoms with E-state index in [1.54, 1.807) is 0 Å². The molecule has 0 radical (unpaired) electrons. The molecule has 0 spiro atoms. The second-order valence-corrected chi connectivity index (χ2v) is 6.87. The Kier molecular flexibility index (Phi) is 4.27. The van der Waals surface area contributed by atoms with Crippen molar-refractivity contribution in [3.8, 4) is 11.4 Å². The maximum atomic E-state index is 5.89. The van der Waals surface area contributed by atoms with Crippen LogP contribution in [0.5, 0.6) is 0 Å². The third-order valence-electron chi connectivity index (χ3n) is 4.93. The smallest absolute Gasteiger partial charge is 0.141 e. The fraction of sp³-hybridized carbons (Fsp3) is 0.474. The molecule has 0 amide bonds. The number of ether oxygens (including phenoxy) is 1. The van der Waals surface area contributed by atoms with E-state index in [2.05, 4.69) is 28.8 Å². The van der Waals surface area contributed by atoms with E-state index in [1.165, 1.54) is 30.5 Å². The number of benzene rings is 1. The molecule has 0 N–H and O–H groups in total. The SMILES string of the molecule is S=c1nc(-c2ccccc2)n(CC2CCCO2)c2c1CCCC2. The molecule has 4 heteroatoms. The van der Waals surface area contributed by atoms with Crippen LogP contribution in [0.4, 0.5) is 0 Å². The summed E-state index contributed by atoms with van der Waals surface area (Å²) < 4.78 is 9.09. The van der Waals surface area contributed by atoms with Gasteiger partial charge in [-0.2, -0.15) is 0 Å². The van der Waals surface area contributed by atoms with Crippen molar-refractivity contribution in [2.24, 2.45) is 0 Å². The van der Waals surface area contributed by atoms with Crippen molar-refractivity contribution in [1.82, 2.24) is 9.55 Å². The maximum absolute atomic E-state index is 5.89. The van der Waals surface area contributed by atoms with Crippen molar-refractivity contribution in [2.75, 3.05) is 6.61 Å². The molecule has 2 aliphatic rings. The molecule has 1 aromatic heterocycles. The van der Waals surface area contributed by atoms with Crippen molar-refractivity contribution in [3.63, 3.8) is 0 Å². The van der Waals surface area contributed by atoms with E-state index in [4.69, 9.17) is 21.9 Å². The number of hydrogen-bond donors (Lipinski definition) is 0. The van der Waals surface area contributed by atoms with Gasteiger partial charge in [-0.15, -0.1) is 0 Å². The Morgan fingerprint density at radius 3 is 2.74 bits per heavy atom. The van der Waals surface area contributed by atoms with E-state index >= 15 is 0 Å². The minimum Gasteiger partial charge on any atom is -0.376 e. The zero-order valence-corrected chi connectivity index (χ0v) is 14.1. The number of nitrogens with zero attached hydrogens (tertiary/aromatic N) is 2. The van der Waals surface area contributed by atoms with Crippen LogP contribution in [0.15, 0.2) is 30.3 Å². The molecular formula is C19H22N2OS. The predicted octanol–water partition coefficient (Wildman–Crippen LogP) is 4.34. The van der Waals surface area contributed by atoms with Gasteiger partial charge in [0.15, 0.2) is 0 Å². The third kappa shape index (κ3) is 2.98. The summed E-state index contributed by atoms with van der Waals surface area (Å²) in [5.74, 6) is 1.01. The third-order valence-corrected chi connectivity index (χ3v) is 5.27. The molecular weight excluding hydrogens is 304 g/mol. The summed E-state index contributed by atoms with van der Waals surface area (Å²) in [6.07, 6.45) is 7.27. The average Bonchev–Trinajstić information content (AvgIpc) is 3.11.